The monoisotopic (exact) mass is 284 g/mol. The van der Waals surface area contributed by atoms with Crippen molar-refractivity contribution in [3.8, 4) is 0 Å². The van der Waals surface area contributed by atoms with Gasteiger partial charge in [0.15, 0.2) is 0 Å². The molecular weight excluding hydrogens is 268 g/mol. The zero-order chi connectivity index (χ0) is 15.4. The van der Waals surface area contributed by atoms with E-state index in [1.807, 2.05) is 0 Å². The molecular formula is C15H16N4O2. The summed E-state index contributed by atoms with van der Waals surface area (Å²) in [5, 5.41) is 0. The second-order valence-electron chi connectivity index (χ2n) is 4.70. The number of amides is 2. The topological polar surface area (TPSA) is 102 Å². The molecule has 4 N–H and O–H groups in total. The van der Waals surface area contributed by atoms with Crippen molar-refractivity contribution < 1.29 is 9.59 Å². The number of benzene rings is 1. The largest absolute Gasteiger partial charge is 0.397 e. The van der Waals surface area contributed by atoms with Crippen LogP contribution in [0.3, 0.4) is 0 Å². The quantitative estimate of drug-likeness (QED) is 0.875. The van der Waals surface area contributed by atoms with Gasteiger partial charge in [-0.05, 0) is 29.8 Å². The molecule has 2 amide bonds. The van der Waals surface area contributed by atoms with Crippen molar-refractivity contribution in [3.63, 3.8) is 0 Å². The summed E-state index contributed by atoms with van der Waals surface area (Å²) in [6.45, 7) is 0.407. The Bertz CT molecular complexity index is 650. The van der Waals surface area contributed by atoms with Gasteiger partial charge >= 0.3 is 0 Å². The lowest BCUT2D eigenvalue weighted by Gasteiger charge is -2.17. The molecule has 0 radical (unpaired) electrons. The first-order valence-electron chi connectivity index (χ1n) is 6.33. The van der Waals surface area contributed by atoms with Crippen molar-refractivity contribution in [1.82, 2.24) is 9.88 Å². The lowest BCUT2D eigenvalue weighted by atomic mass is 10.1. The van der Waals surface area contributed by atoms with Crippen LogP contribution in [-0.4, -0.2) is 28.7 Å². The zero-order valence-corrected chi connectivity index (χ0v) is 11.6. The fourth-order valence-corrected chi connectivity index (χ4v) is 1.85. The molecule has 0 atom stereocenters. The van der Waals surface area contributed by atoms with Gasteiger partial charge in [0.05, 0.1) is 11.9 Å². The van der Waals surface area contributed by atoms with Crippen molar-refractivity contribution in [2.45, 2.75) is 6.54 Å². The molecule has 0 fully saturated rings. The highest BCUT2D eigenvalue weighted by Crippen LogP contribution is 2.09. The summed E-state index contributed by atoms with van der Waals surface area (Å²) in [5.41, 5.74) is 12.9. The molecule has 0 aliphatic rings. The number of carbonyl (C=O) groups excluding carboxylic acids is 2. The molecule has 6 nitrogen and oxygen atoms in total. The van der Waals surface area contributed by atoms with Crippen LogP contribution in [-0.2, 0) is 6.54 Å². The molecule has 2 aromatic rings. The van der Waals surface area contributed by atoms with Gasteiger partial charge in [0.2, 0.25) is 5.91 Å². The predicted molar refractivity (Wildman–Crippen MR) is 79.4 cm³/mol. The summed E-state index contributed by atoms with van der Waals surface area (Å²) in [6.07, 6.45) is 1.45. The number of nitrogens with zero attached hydrogens (tertiary/aromatic N) is 2. The average molecular weight is 284 g/mol. The number of hydrogen-bond donors (Lipinski definition) is 2. The molecule has 0 unspecified atom stereocenters. The molecule has 0 aliphatic heterocycles. The van der Waals surface area contributed by atoms with Gasteiger partial charge in [-0.1, -0.05) is 12.1 Å². The van der Waals surface area contributed by atoms with Crippen LogP contribution in [0.1, 0.15) is 26.4 Å². The van der Waals surface area contributed by atoms with Crippen LogP contribution in [0.4, 0.5) is 5.69 Å². The molecule has 1 aromatic heterocycles. The number of pyridine rings is 1. The summed E-state index contributed by atoms with van der Waals surface area (Å²) >= 11 is 0. The maximum Gasteiger partial charge on any atom is 0.272 e. The molecule has 0 spiro atoms. The highest BCUT2D eigenvalue weighted by Gasteiger charge is 2.13. The van der Waals surface area contributed by atoms with Gasteiger partial charge in [-0.2, -0.15) is 0 Å². The molecule has 0 saturated carbocycles. The molecule has 2 rings (SSSR count). The number of nitrogen functional groups attached to an aromatic ring is 1. The SMILES string of the molecule is CN(Cc1ccc(C(N)=O)cc1)C(=O)c1ccc(N)cn1. The van der Waals surface area contributed by atoms with Crippen molar-refractivity contribution in [2.24, 2.45) is 5.73 Å². The first-order chi connectivity index (χ1) is 9.97. The summed E-state index contributed by atoms with van der Waals surface area (Å²) in [6, 6.07) is 10.0. The van der Waals surface area contributed by atoms with E-state index in [0.29, 0.717) is 23.5 Å². The molecule has 1 aromatic carbocycles. The van der Waals surface area contributed by atoms with Crippen molar-refractivity contribution in [1.29, 1.82) is 0 Å². The van der Waals surface area contributed by atoms with Crippen molar-refractivity contribution in [2.75, 3.05) is 12.8 Å². The van der Waals surface area contributed by atoms with Gasteiger partial charge < -0.3 is 16.4 Å². The minimum absolute atomic E-state index is 0.200. The number of primary amides is 1. The van der Waals surface area contributed by atoms with Crippen molar-refractivity contribution in [3.05, 3.63) is 59.4 Å². The molecule has 108 valence electrons. The van der Waals surface area contributed by atoms with E-state index in [2.05, 4.69) is 4.98 Å². The van der Waals surface area contributed by atoms with Gasteiger partial charge in [-0.3, -0.25) is 9.59 Å². The Kier molecular flexibility index (Phi) is 4.18. The standard InChI is InChI=1S/C15H16N4O2/c1-19(15(21)13-7-6-12(16)8-18-13)9-10-2-4-11(5-3-10)14(17)20/h2-8H,9,16H2,1H3,(H2,17,20). The third-order valence-electron chi connectivity index (χ3n) is 3.01. The Hall–Kier alpha value is -2.89. The Labute approximate surface area is 122 Å². The Balaban J connectivity index is 2.06. The summed E-state index contributed by atoms with van der Waals surface area (Å²) < 4.78 is 0. The average Bonchev–Trinajstić information content (AvgIpc) is 2.47. The fourth-order valence-electron chi connectivity index (χ4n) is 1.85. The van der Waals surface area contributed by atoms with E-state index in [0.717, 1.165) is 5.56 Å². The van der Waals surface area contributed by atoms with E-state index in [1.165, 1.54) is 11.1 Å². The fraction of sp³-hybridized carbons (Fsp3) is 0.133. The smallest absolute Gasteiger partial charge is 0.272 e. The van der Waals surface area contributed by atoms with E-state index in [4.69, 9.17) is 11.5 Å². The summed E-state index contributed by atoms with van der Waals surface area (Å²) in [5.74, 6) is -0.675. The van der Waals surface area contributed by atoms with Crippen molar-refractivity contribution >= 4 is 17.5 Å². The third-order valence-corrected chi connectivity index (χ3v) is 3.01. The summed E-state index contributed by atoms with van der Waals surface area (Å²) in [4.78, 5) is 28.7. The molecule has 1 heterocycles. The number of anilines is 1. The number of rotatable bonds is 4. The molecule has 0 bridgehead atoms. The minimum Gasteiger partial charge on any atom is -0.397 e. The second-order valence-corrected chi connectivity index (χ2v) is 4.70. The van der Waals surface area contributed by atoms with Gasteiger partial charge in [0, 0.05) is 19.2 Å². The van der Waals surface area contributed by atoms with E-state index >= 15 is 0 Å². The first kappa shape index (κ1) is 14.5. The van der Waals surface area contributed by atoms with Gasteiger partial charge in [0.25, 0.3) is 5.91 Å². The van der Waals surface area contributed by atoms with Crippen LogP contribution >= 0.6 is 0 Å². The molecule has 0 saturated heterocycles. The maximum absolute atomic E-state index is 12.2. The van der Waals surface area contributed by atoms with E-state index < -0.39 is 5.91 Å². The number of carbonyl (C=O) groups is 2. The van der Waals surface area contributed by atoms with Crippen LogP contribution in [0.25, 0.3) is 0 Å². The van der Waals surface area contributed by atoms with Crippen LogP contribution in [0.5, 0.6) is 0 Å². The van der Waals surface area contributed by atoms with E-state index in [1.54, 1.807) is 43.4 Å². The van der Waals surface area contributed by atoms with Gasteiger partial charge in [-0.15, -0.1) is 0 Å². The minimum atomic E-state index is -0.475. The summed E-state index contributed by atoms with van der Waals surface area (Å²) in [7, 11) is 1.68. The van der Waals surface area contributed by atoms with Crippen LogP contribution < -0.4 is 11.5 Å². The first-order valence-corrected chi connectivity index (χ1v) is 6.33. The highest BCUT2D eigenvalue weighted by molar-refractivity contribution is 5.93. The van der Waals surface area contributed by atoms with Crippen LogP contribution in [0.2, 0.25) is 0 Å². The number of aromatic nitrogens is 1. The Morgan fingerprint density at radius 3 is 2.33 bits per heavy atom. The number of hydrogen-bond acceptors (Lipinski definition) is 4. The normalized spacial score (nSPS) is 10.1. The zero-order valence-electron chi connectivity index (χ0n) is 11.6. The van der Waals surface area contributed by atoms with Gasteiger partial charge in [-0.25, -0.2) is 4.98 Å². The number of nitrogens with two attached hydrogens (primary N) is 2. The highest BCUT2D eigenvalue weighted by atomic mass is 16.2. The van der Waals surface area contributed by atoms with Gasteiger partial charge in [0.1, 0.15) is 5.69 Å². The lowest BCUT2D eigenvalue weighted by Crippen LogP contribution is -2.27. The molecule has 0 aliphatic carbocycles. The maximum atomic E-state index is 12.2. The van der Waals surface area contributed by atoms with Crippen LogP contribution in [0.15, 0.2) is 42.6 Å². The molecule has 6 heteroatoms. The third kappa shape index (κ3) is 3.56. The Morgan fingerprint density at radius 1 is 1.14 bits per heavy atom. The van der Waals surface area contributed by atoms with E-state index in [9.17, 15) is 9.59 Å². The second kappa shape index (κ2) is 6.04. The van der Waals surface area contributed by atoms with E-state index in [-0.39, 0.29) is 5.91 Å². The van der Waals surface area contributed by atoms with Crippen LogP contribution in [0, 0.1) is 0 Å². The predicted octanol–water partition coefficient (Wildman–Crippen LogP) is 1.03. The lowest BCUT2D eigenvalue weighted by molar-refractivity contribution is 0.0779. The molecule has 21 heavy (non-hydrogen) atoms. The Morgan fingerprint density at radius 2 is 1.81 bits per heavy atom.